The zero-order chi connectivity index (χ0) is 17.9. The van der Waals surface area contributed by atoms with Gasteiger partial charge in [-0.25, -0.2) is 4.68 Å². The summed E-state index contributed by atoms with van der Waals surface area (Å²) >= 11 is 0. The third kappa shape index (κ3) is 3.17. The molecule has 1 amide bonds. The van der Waals surface area contributed by atoms with Crippen molar-refractivity contribution >= 4 is 16.8 Å². The molecule has 1 aromatic carbocycles. The van der Waals surface area contributed by atoms with Crippen LogP contribution in [0, 0.1) is 6.92 Å². The highest BCUT2D eigenvalue weighted by Gasteiger charge is 2.22. The lowest BCUT2D eigenvalue weighted by Gasteiger charge is -2.23. The smallest absolute Gasteiger partial charge is 0.274 e. The Labute approximate surface area is 151 Å². The molecule has 3 heterocycles. The van der Waals surface area contributed by atoms with Crippen LogP contribution >= 0.6 is 0 Å². The molecular weight excluding hydrogens is 328 g/mol. The van der Waals surface area contributed by atoms with Crippen molar-refractivity contribution in [3.63, 3.8) is 0 Å². The van der Waals surface area contributed by atoms with Gasteiger partial charge < -0.3 is 10.6 Å². The number of amides is 1. The number of rotatable bonds is 4. The molecule has 1 aliphatic rings. The molecule has 7 heteroatoms. The first-order valence-corrected chi connectivity index (χ1v) is 8.97. The summed E-state index contributed by atoms with van der Waals surface area (Å²) in [4.78, 5) is 17.0. The minimum atomic E-state index is -0.199. The average molecular weight is 350 g/mol. The van der Waals surface area contributed by atoms with Gasteiger partial charge in [-0.2, -0.15) is 0 Å². The summed E-state index contributed by atoms with van der Waals surface area (Å²) in [5.41, 5.74) is 3.12. The molecule has 1 fully saturated rings. The molecule has 0 unspecified atom stereocenters. The highest BCUT2D eigenvalue weighted by atomic mass is 16.2. The van der Waals surface area contributed by atoms with Crippen molar-refractivity contribution in [2.45, 2.75) is 32.4 Å². The van der Waals surface area contributed by atoms with Gasteiger partial charge in [-0.3, -0.25) is 9.78 Å². The van der Waals surface area contributed by atoms with Crippen LogP contribution in [0.2, 0.25) is 0 Å². The number of carbonyl (C=O) groups is 1. The summed E-state index contributed by atoms with van der Waals surface area (Å²) in [6.07, 6.45) is 3.78. The predicted octanol–water partition coefficient (Wildman–Crippen LogP) is 1.99. The number of para-hydroxylation sites is 1. The van der Waals surface area contributed by atoms with Gasteiger partial charge in [0, 0.05) is 18.1 Å². The second kappa shape index (κ2) is 7.21. The van der Waals surface area contributed by atoms with Crippen LogP contribution < -0.4 is 10.6 Å². The second-order valence-corrected chi connectivity index (χ2v) is 6.62. The molecule has 0 atom stereocenters. The largest absolute Gasteiger partial charge is 0.346 e. The van der Waals surface area contributed by atoms with E-state index in [9.17, 15) is 4.79 Å². The van der Waals surface area contributed by atoms with E-state index in [4.69, 9.17) is 0 Å². The first-order chi connectivity index (χ1) is 12.7. The van der Waals surface area contributed by atoms with E-state index in [0.29, 0.717) is 18.3 Å². The van der Waals surface area contributed by atoms with Crippen LogP contribution in [-0.2, 0) is 6.54 Å². The number of carbonyl (C=O) groups excluding carboxylic acids is 1. The molecule has 2 aromatic heterocycles. The van der Waals surface area contributed by atoms with E-state index in [1.165, 1.54) is 0 Å². The van der Waals surface area contributed by atoms with Crippen LogP contribution in [0.25, 0.3) is 10.9 Å². The number of hydrogen-bond acceptors (Lipinski definition) is 5. The van der Waals surface area contributed by atoms with Crippen molar-refractivity contribution in [2.75, 3.05) is 13.1 Å². The van der Waals surface area contributed by atoms with Gasteiger partial charge in [-0.05, 0) is 44.5 Å². The van der Waals surface area contributed by atoms with Crippen LogP contribution in [0.5, 0.6) is 0 Å². The number of nitrogens with one attached hydrogen (secondary N) is 2. The highest BCUT2D eigenvalue weighted by Crippen LogP contribution is 2.20. The normalized spacial score (nSPS) is 15.3. The van der Waals surface area contributed by atoms with E-state index in [2.05, 4.69) is 25.9 Å². The predicted molar refractivity (Wildman–Crippen MR) is 98.8 cm³/mol. The molecule has 2 N–H and O–H groups in total. The Balaban J connectivity index is 1.49. The number of benzene rings is 1. The maximum Gasteiger partial charge on any atom is 0.274 e. The molecule has 0 saturated carbocycles. The number of pyridine rings is 1. The first-order valence-electron chi connectivity index (χ1n) is 8.97. The van der Waals surface area contributed by atoms with E-state index in [1.54, 1.807) is 6.20 Å². The molecule has 0 radical (unpaired) electrons. The van der Waals surface area contributed by atoms with Crippen LogP contribution in [-0.4, -0.2) is 39.0 Å². The number of nitrogens with zero attached hydrogens (tertiary/aromatic N) is 4. The molecule has 0 bridgehead atoms. The lowest BCUT2D eigenvalue weighted by molar-refractivity contribution is 0.0945. The van der Waals surface area contributed by atoms with Gasteiger partial charge in [-0.15, -0.1) is 5.10 Å². The minimum absolute atomic E-state index is 0.199. The number of aromatic nitrogens is 4. The Kier molecular flexibility index (Phi) is 4.62. The van der Waals surface area contributed by atoms with E-state index < -0.39 is 0 Å². The SMILES string of the molecule is Cc1c(C(=O)NCc2cccc3cccnc23)nnn1C1CCNCC1. The lowest BCUT2D eigenvalue weighted by Crippen LogP contribution is -2.30. The Morgan fingerprint density at radius 1 is 1.27 bits per heavy atom. The fraction of sp³-hybridized carbons (Fsp3) is 0.368. The van der Waals surface area contributed by atoms with E-state index in [1.807, 2.05) is 41.9 Å². The Morgan fingerprint density at radius 3 is 2.92 bits per heavy atom. The summed E-state index contributed by atoms with van der Waals surface area (Å²) in [5, 5.41) is 15.7. The highest BCUT2D eigenvalue weighted by molar-refractivity contribution is 5.93. The molecule has 0 aliphatic carbocycles. The van der Waals surface area contributed by atoms with E-state index in [-0.39, 0.29) is 5.91 Å². The van der Waals surface area contributed by atoms with Gasteiger partial charge in [0.15, 0.2) is 5.69 Å². The maximum absolute atomic E-state index is 12.6. The van der Waals surface area contributed by atoms with Crippen LogP contribution in [0.15, 0.2) is 36.5 Å². The van der Waals surface area contributed by atoms with Gasteiger partial charge in [0.1, 0.15) is 0 Å². The zero-order valence-corrected chi connectivity index (χ0v) is 14.8. The lowest BCUT2D eigenvalue weighted by atomic mass is 10.1. The maximum atomic E-state index is 12.6. The molecule has 3 aromatic rings. The Morgan fingerprint density at radius 2 is 2.08 bits per heavy atom. The van der Waals surface area contributed by atoms with Crippen molar-refractivity contribution in [2.24, 2.45) is 0 Å². The molecular formula is C19H22N6O. The van der Waals surface area contributed by atoms with E-state index in [0.717, 1.165) is 48.1 Å². The molecule has 26 heavy (non-hydrogen) atoms. The molecule has 7 nitrogen and oxygen atoms in total. The summed E-state index contributed by atoms with van der Waals surface area (Å²) in [5.74, 6) is -0.199. The number of hydrogen-bond donors (Lipinski definition) is 2. The summed E-state index contributed by atoms with van der Waals surface area (Å²) < 4.78 is 1.90. The second-order valence-electron chi connectivity index (χ2n) is 6.62. The quantitative estimate of drug-likeness (QED) is 0.752. The standard InChI is InChI=1S/C19H22N6O/c1-13-17(23-24-25(13)16-7-10-20-11-8-16)19(26)22-12-15-5-2-4-14-6-3-9-21-18(14)15/h2-6,9,16,20H,7-8,10-12H2,1H3,(H,22,26). The van der Waals surface area contributed by atoms with Crippen molar-refractivity contribution in [3.05, 3.63) is 53.5 Å². The van der Waals surface area contributed by atoms with Crippen LogP contribution in [0.1, 0.15) is 40.6 Å². The summed E-state index contributed by atoms with van der Waals surface area (Å²) in [7, 11) is 0. The molecule has 134 valence electrons. The van der Waals surface area contributed by atoms with Gasteiger partial charge in [-0.1, -0.05) is 29.5 Å². The number of fused-ring (bicyclic) bond motifs is 1. The minimum Gasteiger partial charge on any atom is -0.346 e. The average Bonchev–Trinajstić information content (AvgIpc) is 3.08. The molecule has 4 rings (SSSR count). The van der Waals surface area contributed by atoms with E-state index >= 15 is 0 Å². The monoisotopic (exact) mass is 350 g/mol. The van der Waals surface area contributed by atoms with Crippen LogP contribution in [0.4, 0.5) is 0 Å². The van der Waals surface area contributed by atoms with Crippen molar-refractivity contribution in [1.29, 1.82) is 0 Å². The van der Waals surface area contributed by atoms with Gasteiger partial charge >= 0.3 is 0 Å². The van der Waals surface area contributed by atoms with Crippen molar-refractivity contribution in [3.8, 4) is 0 Å². The molecule has 0 spiro atoms. The third-order valence-electron chi connectivity index (χ3n) is 4.95. The topological polar surface area (TPSA) is 84.7 Å². The van der Waals surface area contributed by atoms with Crippen molar-refractivity contribution in [1.82, 2.24) is 30.6 Å². The van der Waals surface area contributed by atoms with Crippen LogP contribution in [0.3, 0.4) is 0 Å². The fourth-order valence-corrected chi connectivity index (χ4v) is 3.52. The van der Waals surface area contributed by atoms with Gasteiger partial charge in [0.05, 0.1) is 17.3 Å². The fourth-order valence-electron chi connectivity index (χ4n) is 3.52. The molecule has 1 aliphatic heterocycles. The first kappa shape index (κ1) is 16.7. The molecule has 1 saturated heterocycles. The van der Waals surface area contributed by atoms with Gasteiger partial charge in [0.25, 0.3) is 5.91 Å². The third-order valence-corrected chi connectivity index (χ3v) is 4.95. The summed E-state index contributed by atoms with van der Waals surface area (Å²) in [6.45, 7) is 4.27. The zero-order valence-electron chi connectivity index (χ0n) is 14.8. The number of piperidine rings is 1. The van der Waals surface area contributed by atoms with Crippen molar-refractivity contribution < 1.29 is 4.79 Å². The Hall–Kier alpha value is -2.80. The Bertz CT molecular complexity index is 923. The van der Waals surface area contributed by atoms with Gasteiger partial charge in [0.2, 0.25) is 0 Å². The summed E-state index contributed by atoms with van der Waals surface area (Å²) in [6, 6.07) is 10.2.